The van der Waals surface area contributed by atoms with Gasteiger partial charge in [0.2, 0.25) is 0 Å². The number of rotatable bonds is 3. The second-order valence-electron chi connectivity index (χ2n) is 4.72. The zero-order chi connectivity index (χ0) is 14.8. The predicted octanol–water partition coefficient (Wildman–Crippen LogP) is 4.31. The van der Waals surface area contributed by atoms with Gasteiger partial charge in [0.1, 0.15) is 0 Å². The number of halogens is 2. The maximum Gasteiger partial charge on any atom is 0.0753 e. The highest BCUT2D eigenvalue weighted by atomic mass is 79.9. The quantitative estimate of drug-likeness (QED) is 0.503. The van der Waals surface area contributed by atoms with Gasteiger partial charge in [-0.3, -0.25) is 10.8 Å². The summed E-state index contributed by atoms with van der Waals surface area (Å²) in [5.74, 6) is 5.82. The third-order valence-corrected chi connectivity index (χ3v) is 4.28. The van der Waals surface area contributed by atoms with Gasteiger partial charge in [0.05, 0.1) is 11.6 Å². The molecule has 1 unspecified atom stereocenters. The van der Waals surface area contributed by atoms with Crippen molar-refractivity contribution < 1.29 is 0 Å². The molecule has 3 nitrogen and oxygen atoms in total. The number of nitrogens with zero attached hydrogens (tertiary/aromatic N) is 1. The molecule has 1 atom stereocenters. The number of hydrazine groups is 1. The Labute approximate surface area is 139 Å². The molecule has 3 N–H and O–H groups in total. The van der Waals surface area contributed by atoms with Crippen molar-refractivity contribution in [1.29, 1.82) is 0 Å². The Morgan fingerprint density at radius 1 is 1.00 bits per heavy atom. The van der Waals surface area contributed by atoms with Crippen LogP contribution in [-0.2, 0) is 0 Å². The molecule has 1 heterocycles. The molecule has 3 aromatic rings. The Hall–Kier alpha value is -1.27. The van der Waals surface area contributed by atoms with Gasteiger partial charge in [0.15, 0.2) is 0 Å². The van der Waals surface area contributed by atoms with Crippen molar-refractivity contribution in [3.8, 4) is 0 Å². The van der Waals surface area contributed by atoms with Crippen LogP contribution in [-0.4, -0.2) is 4.98 Å². The van der Waals surface area contributed by atoms with E-state index < -0.39 is 0 Å². The number of fused-ring (bicyclic) bond motifs is 1. The number of nitrogens with two attached hydrogens (primary N) is 1. The van der Waals surface area contributed by atoms with E-state index in [1.807, 2.05) is 18.2 Å². The summed E-state index contributed by atoms with van der Waals surface area (Å²) in [6, 6.07) is 16.1. The highest BCUT2D eigenvalue weighted by Gasteiger charge is 2.16. The first-order valence-corrected chi connectivity index (χ1v) is 8.03. The second-order valence-corrected chi connectivity index (χ2v) is 6.56. The van der Waals surface area contributed by atoms with Gasteiger partial charge in [0, 0.05) is 26.1 Å². The van der Waals surface area contributed by atoms with Crippen LogP contribution in [0.1, 0.15) is 17.2 Å². The number of aromatic nitrogens is 1. The molecule has 0 saturated heterocycles. The van der Waals surface area contributed by atoms with E-state index in [2.05, 4.69) is 72.6 Å². The summed E-state index contributed by atoms with van der Waals surface area (Å²) in [5.41, 5.74) is 5.98. The highest BCUT2D eigenvalue weighted by molar-refractivity contribution is 9.11. The Kier molecular flexibility index (Phi) is 4.35. The van der Waals surface area contributed by atoms with Gasteiger partial charge in [-0.15, -0.1) is 0 Å². The van der Waals surface area contributed by atoms with Crippen LogP contribution in [0.15, 0.2) is 63.7 Å². The third-order valence-electron chi connectivity index (χ3n) is 3.36. The number of hydrogen-bond donors (Lipinski definition) is 2. The van der Waals surface area contributed by atoms with Crippen LogP contribution in [0.25, 0.3) is 10.9 Å². The van der Waals surface area contributed by atoms with Crippen molar-refractivity contribution in [2.75, 3.05) is 0 Å². The van der Waals surface area contributed by atoms with Crippen LogP contribution in [0.4, 0.5) is 0 Å². The summed E-state index contributed by atoms with van der Waals surface area (Å²) < 4.78 is 2.00. The fraction of sp³-hybridized carbons (Fsp3) is 0.0625. The van der Waals surface area contributed by atoms with E-state index in [0.29, 0.717) is 0 Å². The molecule has 0 spiro atoms. The van der Waals surface area contributed by atoms with Crippen LogP contribution in [0.5, 0.6) is 0 Å². The SMILES string of the molecule is NNC(c1cc(Br)cc(Br)c1)c1cccc2cccnc12. The first-order chi connectivity index (χ1) is 10.2. The summed E-state index contributed by atoms with van der Waals surface area (Å²) >= 11 is 7.04. The molecule has 5 heteroatoms. The normalized spacial score (nSPS) is 12.5. The number of nitrogens with one attached hydrogen (secondary N) is 1. The van der Waals surface area contributed by atoms with Crippen molar-refractivity contribution in [2.45, 2.75) is 6.04 Å². The average molecular weight is 407 g/mol. The molecule has 1 aromatic heterocycles. The topological polar surface area (TPSA) is 50.9 Å². The fourth-order valence-electron chi connectivity index (χ4n) is 2.47. The molecule has 0 bridgehead atoms. The molecular formula is C16H13Br2N3. The number of para-hydroxylation sites is 1. The lowest BCUT2D eigenvalue weighted by Gasteiger charge is -2.19. The van der Waals surface area contributed by atoms with Crippen LogP contribution in [0, 0.1) is 0 Å². The Morgan fingerprint density at radius 3 is 2.43 bits per heavy atom. The van der Waals surface area contributed by atoms with Gasteiger partial charge in [0.25, 0.3) is 0 Å². The number of hydrogen-bond acceptors (Lipinski definition) is 3. The zero-order valence-electron chi connectivity index (χ0n) is 11.1. The standard InChI is InChI=1S/C16H13Br2N3/c17-12-7-11(8-13(18)9-12)16(21-19)14-5-1-3-10-4-2-6-20-15(10)14/h1-9,16,21H,19H2. The first-order valence-electron chi connectivity index (χ1n) is 6.45. The Balaban J connectivity index is 2.18. The van der Waals surface area contributed by atoms with Gasteiger partial charge < -0.3 is 0 Å². The van der Waals surface area contributed by atoms with Crippen LogP contribution < -0.4 is 11.3 Å². The first kappa shape index (κ1) is 14.7. The lowest BCUT2D eigenvalue weighted by atomic mass is 9.97. The van der Waals surface area contributed by atoms with E-state index in [9.17, 15) is 0 Å². The largest absolute Gasteiger partial charge is 0.271 e. The fourth-order valence-corrected chi connectivity index (χ4v) is 3.80. The monoisotopic (exact) mass is 405 g/mol. The minimum Gasteiger partial charge on any atom is -0.271 e. The summed E-state index contributed by atoms with van der Waals surface area (Å²) in [5, 5.41) is 1.10. The van der Waals surface area contributed by atoms with E-state index >= 15 is 0 Å². The molecule has 0 aliphatic carbocycles. The Bertz CT molecular complexity index is 764. The zero-order valence-corrected chi connectivity index (χ0v) is 14.2. The van der Waals surface area contributed by atoms with E-state index in [0.717, 1.165) is 31.0 Å². The molecule has 0 amide bonds. The smallest absolute Gasteiger partial charge is 0.0753 e. The maximum absolute atomic E-state index is 5.82. The molecular weight excluding hydrogens is 394 g/mol. The molecule has 0 saturated carbocycles. The summed E-state index contributed by atoms with van der Waals surface area (Å²) in [7, 11) is 0. The molecule has 2 aromatic carbocycles. The van der Waals surface area contributed by atoms with E-state index in [-0.39, 0.29) is 6.04 Å². The van der Waals surface area contributed by atoms with Crippen molar-refractivity contribution >= 4 is 42.8 Å². The van der Waals surface area contributed by atoms with Crippen molar-refractivity contribution in [3.63, 3.8) is 0 Å². The van der Waals surface area contributed by atoms with Crippen molar-refractivity contribution in [1.82, 2.24) is 10.4 Å². The molecule has 0 aliphatic heterocycles. The van der Waals surface area contributed by atoms with Crippen LogP contribution in [0.3, 0.4) is 0 Å². The van der Waals surface area contributed by atoms with Crippen LogP contribution >= 0.6 is 31.9 Å². The van der Waals surface area contributed by atoms with Gasteiger partial charge in [-0.2, -0.15) is 0 Å². The molecule has 106 valence electrons. The van der Waals surface area contributed by atoms with E-state index in [1.54, 1.807) is 6.20 Å². The predicted molar refractivity (Wildman–Crippen MR) is 92.8 cm³/mol. The lowest BCUT2D eigenvalue weighted by Crippen LogP contribution is -2.29. The van der Waals surface area contributed by atoms with E-state index in [1.165, 1.54) is 0 Å². The van der Waals surface area contributed by atoms with Gasteiger partial charge in [-0.05, 0) is 29.8 Å². The number of benzene rings is 2. The molecule has 21 heavy (non-hydrogen) atoms. The van der Waals surface area contributed by atoms with Crippen molar-refractivity contribution in [3.05, 3.63) is 74.8 Å². The molecule has 0 fully saturated rings. The third kappa shape index (κ3) is 3.01. The molecule has 0 radical (unpaired) electrons. The maximum atomic E-state index is 5.82. The summed E-state index contributed by atoms with van der Waals surface area (Å²) in [6.07, 6.45) is 1.80. The lowest BCUT2D eigenvalue weighted by molar-refractivity contribution is 0.639. The number of pyridine rings is 1. The molecule has 0 aliphatic rings. The average Bonchev–Trinajstić information content (AvgIpc) is 2.47. The minimum absolute atomic E-state index is 0.127. The summed E-state index contributed by atoms with van der Waals surface area (Å²) in [6.45, 7) is 0. The Morgan fingerprint density at radius 2 is 1.71 bits per heavy atom. The highest BCUT2D eigenvalue weighted by Crippen LogP contribution is 2.30. The van der Waals surface area contributed by atoms with Gasteiger partial charge in [-0.1, -0.05) is 56.1 Å². The summed E-state index contributed by atoms with van der Waals surface area (Å²) in [4.78, 5) is 4.50. The van der Waals surface area contributed by atoms with Crippen LogP contribution in [0.2, 0.25) is 0 Å². The van der Waals surface area contributed by atoms with Crippen molar-refractivity contribution in [2.24, 2.45) is 5.84 Å². The van der Waals surface area contributed by atoms with E-state index in [4.69, 9.17) is 5.84 Å². The second kappa shape index (κ2) is 6.23. The van der Waals surface area contributed by atoms with Gasteiger partial charge in [-0.25, -0.2) is 5.43 Å². The molecule has 3 rings (SSSR count). The minimum atomic E-state index is -0.127. The van der Waals surface area contributed by atoms with Gasteiger partial charge >= 0.3 is 0 Å².